The smallest absolute Gasteiger partial charge is 0.322 e. The van der Waals surface area contributed by atoms with Crippen LogP contribution in [-0.2, 0) is 14.4 Å². The molecule has 0 saturated carbocycles. The number of ether oxygens (including phenoxy) is 1. The molecule has 0 aliphatic carbocycles. The van der Waals surface area contributed by atoms with Crippen molar-refractivity contribution in [3.05, 3.63) is 0 Å². The molecule has 0 fully saturated rings. The minimum absolute atomic E-state index is 0.144. The number of nitrogens with zero attached hydrogens (tertiary/aromatic N) is 1. The number of rotatable bonds is 4. The summed E-state index contributed by atoms with van der Waals surface area (Å²) in [4.78, 5) is 15.8. The lowest BCUT2D eigenvalue weighted by Crippen LogP contribution is -2.40. The lowest BCUT2D eigenvalue weighted by molar-refractivity contribution is -0.160. The lowest BCUT2D eigenvalue weighted by Gasteiger charge is -2.22. The van der Waals surface area contributed by atoms with E-state index in [4.69, 9.17) is 4.74 Å². The zero-order valence-electron chi connectivity index (χ0n) is 8.88. The van der Waals surface area contributed by atoms with Crippen molar-refractivity contribution in [2.45, 2.75) is 26.4 Å². The predicted octanol–water partition coefficient (Wildman–Crippen LogP) is 0.326. The molecule has 0 saturated heterocycles. The fourth-order valence-corrected chi connectivity index (χ4v) is 0.756. The van der Waals surface area contributed by atoms with Crippen molar-refractivity contribution in [2.75, 3.05) is 20.7 Å². The van der Waals surface area contributed by atoms with E-state index in [0.717, 1.165) is 0 Å². The average Bonchev–Trinajstić information content (AvgIpc) is 1.81. The molecule has 0 heterocycles. The molecular formula is C8H18N2O3. The van der Waals surface area contributed by atoms with E-state index in [-0.39, 0.29) is 12.5 Å². The highest BCUT2D eigenvalue weighted by molar-refractivity contribution is 5.71. The number of hydrogen-bond acceptors (Lipinski definition) is 5. The predicted molar refractivity (Wildman–Crippen MR) is 48.6 cm³/mol. The number of hydrogen-bond donors (Lipinski definition) is 1. The van der Waals surface area contributed by atoms with Gasteiger partial charge in [-0.3, -0.25) is 9.63 Å². The zero-order valence-corrected chi connectivity index (χ0v) is 8.88. The second-order valence-corrected chi connectivity index (χ2v) is 3.74. The SMILES string of the molecule is CONN(C)CC(=O)OC(C)(C)C. The van der Waals surface area contributed by atoms with Crippen LogP contribution in [0.4, 0.5) is 0 Å². The van der Waals surface area contributed by atoms with Crippen LogP contribution in [0.3, 0.4) is 0 Å². The van der Waals surface area contributed by atoms with E-state index >= 15 is 0 Å². The largest absolute Gasteiger partial charge is 0.459 e. The molecule has 0 radical (unpaired) electrons. The molecule has 0 bridgehead atoms. The summed E-state index contributed by atoms with van der Waals surface area (Å²) in [5.74, 6) is -0.292. The number of carbonyl (C=O) groups is 1. The Bertz CT molecular complexity index is 165. The van der Waals surface area contributed by atoms with Crippen molar-refractivity contribution in [3.8, 4) is 0 Å². The second-order valence-electron chi connectivity index (χ2n) is 3.74. The molecule has 0 aromatic rings. The molecule has 13 heavy (non-hydrogen) atoms. The highest BCUT2D eigenvalue weighted by Crippen LogP contribution is 2.06. The topological polar surface area (TPSA) is 50.8 Å². The number of hydrazine groups is 1. The van der Waals surface area contributed by atoms with Crippen LogP contribution in [0.25, 0.3) is 0 Å². The van der Waals surface area contributed by atoms with Crippen molar-refractivity contribution in [3.63, 3.8) is 0 Å². The molecule has 0 aliphatic heterocycles. The van der Waals surface area contributed by atoms with Gasteiger partial charge < -0.3 is 4.74 Å². The molecule has 78 valence electrons. The quantitative estimate of drug-likeness (QED) is 0.511. The van der Waals surface area contributed by atoms with Gasteiger partial charge in [0.1, 0.15) is 12.1 Å². The van der Waals surface area contributed by atoms with Crippen LogP contribution in [0.5, 0.6) is 0 Å². The van der Waals surface area contributed by atoms with E-state index in [0.29, 0.717) is 0 Å². The Balaban J connectivity index is 3.74. The van der Waals surface area contributed by atoms with Gasteiger partial charge in [0, 0.05) is 7.05 Å². The van der Waals surface area contributed by atoms with Crippen LogP contribution in [0, 0.1) is 0 Å². The van der Waals surface area contributed by atoms with Crippen molar-refractivity contribution in [1.82, 2.24) is 10.6 Å². The van der Waals surface area contributed by atoms with Gasteiger partial charge in [-0.15, -0.1) is 5.59 Å². The Morgan fingerprint density at radius 1 is 1.46 bits per heavy atom. The van der Waals surface area contributed by atoms with Crippen LogP contribution in [-0.4, -0.2) is 37.3 Å². The van der Waals surface area contributed by atoms with E-state index in [9.17, 15) is 4.79 Å². The monoisotopic (exact) mass is 190 g/mol. The van der Waals surface area contributed by atoms with Gasteiger partial charge in [0.25, 0.3) is 0 Å². The Kier molecular flexibility index (Phi) is 4.90. The van der Waals surface area contributed by atoms with Crippen LogP contribution < -0.4 is 5.59 Å². The van der Waals surface area contributed by atoms with Crippen molar-refractivity contribution < 1.29 is 14.4 Å². The van der Waals surface area contributed by atoms with E-state index in [2.05, 4.69) is 10.4 Å². The Morgan fingerprint density at radius 3 is 2.38 bits per heavy atom. The maximum atomic E-state index is 11.2. The maximum Gasteiger partial charge on any atom is 0.322 e. The first-order valence-electron chi connectivity index (χ1n) is 4.07. The van der Waals surface area contributed by atoms with Crippen LogP contribution in [0.15, 0.2) is 0 Å². The zero-order chi connectivity index (χ0) is 10.5. The summed E-state index contributed by atoms with van der Waals surface area (Å²) in [7, 11) is 3.17. The highest BCUT2D eigenvalue weighted by atomic mass is 16.7. The maximum absolute atomic E-state index is 11.2. The summed E-state index contributed by atoms with van der Waals surface area (Å²) >= 11 is 0. The summed E-state index contributed by atoms with van der Waals surface area (Å²) in [6.07, 6.45) is 0. The second kappa shape index (κ2) is 5.16. The van der Waals surface area contributed by atoms with Gasteiger partial charge in [-0.05, 0) is 20.8 Å². The molecule has 0 aromatic carbocycles. The van der Waals surface area contributed by atoms with Gasteiger partial charge in [0.05, 0.1) is 7.11 Å². The first-order chi connectivity index (χ1) is 5.85. The number of esters is 1. The van der Waals surface area contributed by atoms with Crippen LogP contribution in [0.2, 0.25) is 0 Å². The van der Waals surface area contributed by atoms with Gasteiger partial charge >= 0.3 is 5.97 Å². The summed E-state index contributed by atoms with van der Waals surface area (Å²) in [6, 6.07) is 0. The average molecular weight is 190 g/mol. The fraction of sp³-hybridized carbons (Fsp3) is 0.875. The van der Waals surface area contributed by atoms with Crippen molar-refractivity contribution >= 4 is 5.97 Å². The van der Waals surface area contributed by atoms with E-state index in [1.165, 1.54) is 12.1 Å². The Morgan fingerprint density at radius 2 is 2.00 bits per heavy atom. The summed E-state index contributed by atoms with van der Waals surface area (Å²) in [6.45, 7) is 5.63. The van der Waals surface area contributed by atoms with E-state index in [1.54, 1.807) is 7.05 Å². The first-order valence-corrected chi connectivity index (χ1v) is 4.07. The van der Waals surface area contributed by atoms with Crippen LogP contribution >= 0.6 is 0 Å². The third-order valence-corrected chi connectivity index (χ3v) is 1.03. The minimum Gasteiger partial charge on any atom is -0.459 e. The lowest BCUT2D eigenvalue weighted by atomic mass is 10.2. The molecule has 1 N–H and O–H groups in total. The molecule has 5 nitrogen and oxygen atoms in total. The van der Waals surface area contributed by atoms with Gasteiger partial charge in [-0.25, -0.2) is 5.01 Å². The molecule has 0 amide bonds. The van der Waals surface area contributed by atoms with Gasteiger partial charge in [-0.2, -0.15) is 0 Å². The van der Waals surface area contributed by atoms with Crippen molar-refractivity contribution in [1.29, 1.82) is 0 Å². The normalized spacial score (nSPS) is 11.8. The van der Waals surface area contributed by atoms with E-state index in [1.807, 2.05) is 20.8 Å². The minimum atomic E-state index is -0.439. The summed E-state index contributed by atoms with van der Waals surface area (Å²) in [5, 5.41) is 1.49. The Labute approximate surface area is 78.9 Å². The molecule has 0 unspecified atom stereocenters. The molecule has 5 heteroatoms. The number of likely N-dealkylation sites (N-methyl/N-ethyl adjacent to an activating group) is 1. The molecule has 0 atom stereocenters. The Hall–Kier alpha value is -0.650. The number of nitrogens with one attached hydrogen (secondary N) is 1. The summed E-state index contributed by atoms with van der Waals surface area (Å²) < 4.78 is 5.08. The first kappa shape index (κ1) is 12.3. The molecule has 0 aliphatic rings. The van der Waals surface area contributed by atoms with Crippen molar-refractivity contribution in [2.24, 2.45) is 0 Å². The van der Waals surface area contributed by atoms with Crippen LogP contribution in [0.1, 0.15) is 20.8 Å². The third kappa shape index (κ3) is 7.70. The third-order valence-electron chi connectivity index (χ3n) is 1.03. The molecule has 0 rings (SSSR count). The molecular weight excluding hydrogens is 172 g/mol. The molecule has 0 aromatic heterocycles. The van der Waals surface area contributed by atoms with E-state index < -0.39 is 5.60 Å². The summed E-state index contributed by atoms with van der Waals surface area (Å²) in [5.41, 5.74) is 2.06. The van der Waals surface area contributed by atoms with Gasteiger partial charge in [0.2, 0.25) is 0 Å². The standard InChI is InChI=1S/C8H18N2O3/c1-8(2,3)13-7(11)6-10(4)9-12-5/h9H,6H2,1-5H3. The highest BCUT2D eigenvalue weighted by Gasteiger charge is 2.17. The fourth-order valence-electron chi connectivity index (χ4n) is 0.756. The van der Waals surface area contributed by atoms with Gasteiger partial charge in [-0.1, -0.05) is 0 Å². The molecule has 0 spiro atoms. The van der Waals surface area contributed by atoms with Gasteiger partial charge in [0.15, 0.2) is 0 Å². The number of carbonyl (C=O) groups excluding carboxylic acids is 1.